The van der Waals surface area contributed by atoms with Gasteiger partial charge in [-0.3, -0.25) is 10.1 Å². The van der Waals surface area contributed by atoms with Gasteiger partial charge in [-0.15, -0.1) is 11.3 Å². The largest absolute Gasteiger partial charge is 0.376 e. The predicted molar refractivity (Wildman–Crippen MR) is 89.5 cm³/mol. The van der Waals surface area contributed by atoms with Crippen LogP contribution in [0.2, 0.25) is 0 Å². The number of fused-ring (bicyclic) bond motifs is 1. The fourth-order valence-corrected chi connectivity index (χ4v) is 4.80. The Labute approximate surface area is 131 Å². The molecule has 0 bridgehead atoms. The van der Waals surface area contributed by atoms with Gasteiger partial charge in [-0.2, -0.15) is 11.8 Å². The molecule has 3 rings (SSSR count). The van der Waals surface area contributed by atoms with Crippen molar-refractivity contribution in [3.8, 4) is 0 Å². The van der Waals surface area contributed by atoms with Crippen LogP contribution in [0.3, 0.4) is 0 Å². The number of nitro groups is 1. The normalized spacial score (nSPS) is 21.8. The molecule has 112 valence electrons. The molecule has 21 heavy (non-hydrogen) atoms. The van der Waals surface area contributed by atoms with E-state index in [-0.39, 0.29) is 10.6 Å². The van der Waals surface area contributed by atoms with Gasteiger partial charge in [-0.25, -0.2) is 4.98 Å². The minimum Gasteiger partial charge on any atom is -0.376 e. The molecule has 1 aromatic carbocycles. The molecule has 1 aromatic heterocycles. The highest BCUT2D eigenvalue weighted by Crippen LogP contribution is 2.38. The average molecular weight is 323 g/mol. The number of nitro benzene ring substituents is 1. The maximum Gasteiger partial charge on any atom is 0.319 e. The van der Waals surface area contributed by atoms with Crippen LogP contribution in [-0.2, 0) is 0 Å². The molecule has 5 nitrogen and oxygen atoms in total. The number of thioether (sulfide) groups is 1. The molecule has 1 aliphatic carbocycles. The quantitative estimate of drug-likeness (QED) is 0.656. The summed E-state index contributed by atoms with van der Waals surface area (Å²) in [5.41, 5.74) is 2.87. The van der Waals surface area contributed by atoms with Gasteiger partial charge in [-0.1, -0.05) is 13.3 Å². The van der Waals surface area contributed by atoms with Gasteiger partial charge in [0.25, 0.3) is 0 Å². The molecule has 1 saturated carbocycles. The Morgan fingerprint density at radius 1 is 1.52 bits per heavy atom. The maximum atomic E-state index is 11.4. The zero-order chi connectivity index (χ0) is 14.8. The summed E-state index contributed by atoms with van der Waals surface area (Å²) in [6.07, 6.45) is 3.44. The SMILES string of the molecule is CCSC1CCCC1Nc1ccc2scnc2c1[N+](=O)[O-]. The molecule has 2 aromatic rings. The molecule has 0 aliphatic heterocycles. The van der Waals surface area contributed by atoms with Gasteiger partial charge in [0.2, 0.25) is 0 Å². The van der Waals surface area contributed by atoms with Crippen LogP contribution in [-0.4, -0.2) is 27.0 Å². The van der Waals surface area contributed by atoms with Crippen molar-refractivity contribution in [2.75, 3.05) is 11.1 Å². The minimum absolute atomic E-state index is 0.112. The molecule has 0 spiro atoms. The third-order valence-electron chi connectivity index (χ3n) is 3.83. The summed E-state index contributed by atoms with van der Waals surface area (Å²) >= 11 is 3.37. The van der Waals surface area contributed by atoms with Crippen LogP contribution in [0.15, 0.2) is 17.6 Å². The fourth-order valence-electron chi connectivity index (χ4n) is 2.92. The van der Waals surface area contributed by atoms with E-state index >= 15 is 0 Å². The highest BCUT2D eigenvalue weighted by molar-refractivity contribution is 7.99. The van der Waals surface area contributed by atoms with E-state index in [9.17, 15) is 10.1 Å². The Morgan fingerprint density at radius 3 is 3.14 bits per heavy atom. The molecule has 0 radical (unpaired) electrons. The second-order valence-corrected chi connectivity index (χ2v) is 7.50. The van der Waals surface area contributed by atoms with Crippen molar-refractivity contribution in [2.45, 2.75) is 37.5 Å². The van der Waals surface area contributed by atoms with Gasteiger partial charge < -0.3 is 5.32 Å². The van der Waals surface area contributed by atoms with Crippen molar-refractivity contribution in [3.63, 3.8) is 0 Å². The summed E-state index contributed by atoms with van der Waals surface area (Å²) in [5, 5.41) is 15.4. The number of rotatable bonds is 5. The Kier molecular flexibility index (Phi) is 4.30. The highest BCUT2D eigenvalue weighted by Gasteiger charge is 2.30. The molecule has 2 unspecified atom stereocenters. The third-order valence-corrected chi connectivity index (χ3v) is 5.95. The topological polar surface area (TPSA) is 68.1 Å². The van der Waals surface area contributed by atoms with Crippen LogP contribution in [0.25, 0.3) is 10.2 Å². The number of aromatic nitrogens is 1. The molecule has 1 heterocycles. The van der Waals surface area contributed by atoms with Crippen molar-refractivity contribution in [2.24, 2.45) is 0 Å². The van der Waals surface area contributed by atoms with E-state index in [1.54, 1.807) is 5.51 Å². The van der Waals surface area contributed by atoms with Crippen molar-refractivity contribution in [1.82, 2.24) is 4.98 Å². The number of nitrogens with zero attached hydrogens (tertiary/aromatic N) is 2. The van der Waals surface area contributed by atoms with Crippen molar-refractivity contribution in [3.05, 3.63) is 27.8 Å². The number of nitrogens with one attached hydrogen (secondary N) is 1. The number of hydrogen-bond donors (Lipinski definition) is 1. The highest BCUT2D eigenvalue weighted by atomic mass is 32.2. The first-order chi connectivity index (χ1) is 10.2. The molecule has 0 amide bonds. The maximum absolute atomic E-state index is 11.4. The van der Waals surface area contributed by atoms with Gasteiger partial charge in [0, 0.05) is 11.3 Å². The lowest BCUT2D eigenvalue weighted by Crippen LogP contribution is -2.26. The third kappa shape index (κ3) is 2.85. The minimum atomic E-state index is -0.318. The molecule has 1 fully saturated rings. The van der Waals surface area contributed by atoms with E-state index in [2.05, 4.69) is 17.2 Å². The summed E-state index contributed by atoms with van der Waals surface area (Å²) in [6.45, 7) is 2.16. The first-order valence-electron chi connectivity index (χ1n) is 7.09. The van der Waals surface area contributed by atoms with Crippen molar-refractivity contribution >= 4 is 44.7 Å². The molecule has 1 aliphatic rings. The second-order valence-electron chi connectivity index (χ2n) is 5.09. The lowest BCUT2D eigenvalue weighted by atomic mass is 10.2. The average Bonchev–Trinajstić information content (AvgIpc) is 3.08. The van der Waals surface area contributed by atoms with E-state index in [4.69, 9.17) is 0 Å². The van der Waals surface area contributed by atoms with Crippen LogP contribution >= 0.6 is 23.1 Å². The lowest BCUT2D eigenvalue weighted by Gasteiger charge is -2.21. The van der Waals surface area contributed by atoms with Gasteiger partial charge >= 0.3 is 5.69 Å². The molecule has 1 N–H and O–H groups in total. The van der Waals surface area contributed by atoms with Crippen LogP contribution in [0.1, 0.15) is 26.2 Å². The first-order valence-corrected chi connectivity index (χ1v) is 9.02. The Balaban J connectivity index is 1.93. The summed E-state index contributed by atoms with van der Waals surface area (Å²) in [5.74, 6) is 1.08. The molecule has 0 saturated heterocycles. The first kappa shape index (κ1) is 14.6. The van der Waals surface area contributed by atoms with E-state index in [1.807, 2.05) is 23.9 Å². The van der Waals surface area contributed by atoms with E-state index in [1.165, 1.54) is 24.2 Å². The molecular weight excluding hydrogens is 306 g/mol. The van der Waals surface area contributed by atoms with Crippen molar-refractivity contribution < 1.29 is 4.92 Å². The second kappa shape index (κ2) is 6.19. The summed E-state index contributed by atoms with van der Waals surface area (Å²) in [4.78, 5) is 15.3. The van der Waals surface area contributed by atoms with Crippen LogP contribution in [0, 0.1) is 10.1 Å². The Hall–Kier alpha value is -1.34. The van der Waals surface area contributed by atoms with Crippen LogP contribution in [0.5, 0.6) is 0 Å². The van der Waals surface area contributed by atoms with E-state index in [0.29, 0.717) is 22.5 Å². The summed E-state index contributed by atoms with van der Waals surface area (Å²) in [7, 11) is 0. The van der Waals surface area contributed by atoms with Gasteiger partial charge in [0.05, 0.1) is 15.1 Å². The summed E-state index contributed by atoms with van der Waals surface area (Å²) < 4.78 is 0.859. The number of hydrogen-bond acceptors (Lipinski definition) is 6. The Morgan fingerprint density at radius 2 is 2.38 bits per heavy atom. The number of benzene rings is 1. The standard InChI is InChI=1S/C14H17N3O2S2/c1-2-20-11-5-3-4-9(11)16-10-6-7-12-13(15-8-21-12)14(10)17(18)19/h6-9,11,16H,2-5H2,1H3. The van der Waals surface area contributed by atoms with Gasteiger partial charge in [-0.05, 0) is 30.7 Å². The lowest BCUT2D eigenvalue weighted by molar-refractivity contribution is -0.382. The smallest absolute Gasteiger partial charge is 0.319 e. The van der Waals surface area contributed by atoms with Gasteiger partial charge in [0.15, 0.2) is 5.52 Å². The van der Waals surface area contributed by atoms with Crippen molar-refractivity contribution in [1.29, 1.82) is 0 Å². The molecule has 2 atom stereocenters. The van der Waals surface area contributed by atoms with Crippen LogP contribution < -0.4 is 5.32 Å². The monoisotopic (exact) mass is 323 g/mol. The zero-order valence-electron chi connectivity index (χ0n) is 11.7. The molecular formula is C14H17N3O2S2. The number of anilines is 1. The van der Waals surface area contributed by atoms with Crippen LogP contribution in [0.4, 0.5) is 11.4 Å². The number of thiazole rings is 1. The predicted octanol–water partition coefficient (Wildman–Crippen LogP) is 4.29. The zero-order valence-corrected chi connectivity index (χ0v) is 13.4. The Bertz CT molecular complexity index is 659. The molecule has 7 heteroatoms. The fraction of sp³-hybridized carbons (Fsp3) is 0.500. The van der Waals surface area contributed by atoms with E-state index < -0.39 is 0 Å². The van der Waals surface area contributed by atoms with E-state index in [0.717, 1.165) is 16.9 Å². The summed E-state index contributed by atoms with van der Waals surface area (Å²) in [6, 6.07) is 4.05. The van der Waals surface area contributed by atoms with Gasteiger partial charge in [0.1, 0.15) is 5.69 Å².